The summed E-state index contributed by atoms with van der Waals surface area (Å²) in [5, 5.41) is 0. The van der Waals surface area contributed by atoms with Crippen LogP contribution in [-0.4, -0.2) is 25.0 Å². The zero-order valence-electron chi connectivity index (χ0n) is 11.9. The van der Waals surface area contributed by atoms with Gasteiger partial charge in [0.1, 0.15) is 6.04 Å². The van der Waals surface area contributed by atoms with Crippen LogP contribution in [0.3, 0.4) is 0 Å². The SMILES string of the molecule is O=C1O[B-](c2ccccc2)(c2ccccc2)[NH+]2CCCC12. The van der Waals surface area contributed by atoms with Crippen molar-refractivity contribution in [3.63, 3.8) is 0 Å². The van der Waals surface area contributed by atoms with Crippen molar-refractivity contribution in [1.82, 2.24) is 0 Å². The lowest BCUT2D eigenvalue weighted by Crippen LogP contribution is -3.26. The first-order valence-corrected chi connectivity index (χ1v) is 7.67. The Kier molecular flexibility index (Phi) is 2.86. The molecule has 0 saturated carbocycles. The smallest absolute Gasteiger partial charge is 0.442 e. The summed E-state index contributed by atoms with van der Waals surface area (Å²) in [6.45, 7) is -0.503. The summed E-state index contributed by atoms with van der Waals surface area (Å²) in [5.41, 5.74) is 2.24. The van der Waals surface area contributed by atoms with Gasteiger partial charge in [0.15, 0.2) is 0 Å². The normalized spacial score (nSPS) is 26.4. The number of hydrogen-bond acceptors (Lipinski definition) is 2. The Balaban J connectivity index is 1.94. The molecule has 2 heterocycles. The maximum Gasteiger partial charge on any atom is 0.442 e. The Labute approximate surface area is 124 Å². The van der Waals surface area contributed by atoms with Crippen LogP contribution in [0.1, 0.15) is 12.8 Å². The fraction of sp³-hybridized carbons (Fsp3) is 0.235. The Bertz CT molecular complexity index is 620. The van der Waals surface area contributed by atoms with Crippen molar-refractivity contribution in [2.24, 2.45) is 0 Å². The van der Waals surface area contributed by atoms with Crippen LogP contribution < -0.4 is 15.7 Å². The predicted octanol–water partition coefficient (Wildman–Crippen LogP) is -0.153. The molecule has 1 N–H and O–H groups in total. The molecule has 3 nitrogen and oxygen atoms in total. The molecule has 2 fully saturated rings. The van der Waals surface area contributed by atoms with Crippen molar-refractivity contribution in [2.75, 3.05) is 6.54 Å². The quantitative estimate of drug-likeness (QED) is 0.775. The summed E-state index contributed by atoms with van der Waals surface area (Å²) in [4.78, 5) is 13.7. The van der Waals surface area contributed by atoms with E-state index in [1.807, 2.05) is 36.4 Å². The van der Waals surface area contributed by atoms with Crippen LogP contribution in [0, 0.1) is 0 Å². The van der Waals surface area contributed by atoms with E-state index in [9.17, 15) is 4.79 Å². The Morgan fingerprint density at radius 2 is 1.52 bits per heavy atom. The molecule has 0 spiro atoms. The predicted molar refractivity (Wildman–Crippen MR) is 82.8 cm³/mol. The summed E-state index contributed by atoms with van der Waals surface area (Å²) >= 11 is 0. The Hall–Kier alpha value is -2.07. The molecule has 2 aromatic carbocycles. The fourth-order valence-corrected chi connectivity index (χ4v) is 4.16. The number of benzene rings is 2. The van der Waals surface area contributed by atoms with E-state index in [0.717, 1.165) is 30.3 Å². The molecular formula is C17H18BNO2. The number of rotatable bonds is 2. The van der Waals surface area contributed by atoms with Crippen molar-refractivity contribution in [1.29, 1.82) is 0 Å². The molecule has 106 valence electrons. The van der Waals surface area contributed by atoms with Gasteiger partial charge in [0.05, 0.1) is 0 Å². The number of nitrogens with one attached hydrogen (secondary N) is 1. The minimum Gasteiger partial charge on any atom is -0.627 e. The van der Waals surface area contributed by atoms with Gasteiger partial charge in [-0.25, -0.2) is 0 Å². The second-order valence-electron chi connectivity index (χ2n) is 6.06. The highest BCUT2D eigenvalue weighted by molar-refractivity contribution is 6.92. The molecule has 4 rings (SSSR count). The molecule has 0 amide bonds. The molecule has 0 bridgehead atoms. The van der Waals surface area contributed by atoms with Crippen molar-refractivity contribution in [2.45, 2.75) is 18.9 Å². The zero-order chi connectivity index (χ0) is 14.3. The maximum atomic E-state index is 12.4. The van der Waals surface area contributed by atoms with E-state index in [2.05, 4.69) is 24.3 Å². The summed E-state index contributed by atoms with van der Waals surface area (Å²) in [6.07, 6.45) is 2.04. The van der Waals surface area contributed by atoms with Gasteiger partial charge in [0, 0.05) is 13.0 Å². The first-order valence-electron chi connectivity index (χ1n) is 7.67. The fourth-order valence-electron chi connectivity index (χ4n) is 4.16. The standard InChI is InChI=1S/C17H18BNO2/c20-17-16-12-7-13-19(16)18(21-17,14-8-3-1-4-9-14)15-10-5-2-6-11-15/h1-6,8-11,16,19H,7,12-13H2. The number of quaternary nitrogens is 1. The van der Waals surface area contributed by atoms with Gasteiger partial charge in [-0.1, -0.05) is 71.6 Å². The van der Waals surface area contributed by atoms with Gasteiger partial charge in [-0.2, -0.15) is 0 Å². The van der Waals surface area contributed by atoms with Gasteiger partial charge < -0.3 is 9.47 Å². The van der Waals surface area contributed by atoms with E-state index in [0.29, 0.717) is 0 Å². The molecule has 2 unspecified atom stereocenters. The topological polar surface area (TPSA) is 30.7 Å². The monoisotopic (exact) mass is 279 g/mol. The largest absolute Gasteiger partial charge is 0.627 e. The number of hydrogen-bond donors (Lipinski definition) is 1. The van der Waals surface area contributed by atoms with Crippen LogP contribution in [0.4, 0.5) is 0 Å². The van der Waals surface area contributed by atoms with Crippen LogP contribution in [0.5, 0.6) is 0 Å². The first kappa shape index (κ1) is 12.7. The van der Waals surface area contributed by atoms with E-state index in [4.69, 9.17) is 4.65 Å². The van der Waals surface area contributed by atoms with E-state index in [-0.39, 0.29) is 12.0 Å². The molecule has 0 aromatic heterocycles. The van der Waals surface area contributed by atoms with Gasteiger partial charge in [-0.05, 0) is 6.42 Å². The molecule has 2 aliphatic heterocycles. The van der Waals surface area contributed by atoms with Gasteiger partial charge in [-0.15, -0.1) is 0 Å². The lowest BCUT2D eigenvalue weighted by molar-refractivity contribution is -0.794. The molecule has 0 aliphatic carbocycles. The van der Waals surface area contributed by atoms with Crippen LogP contribution in [0.2, 0.25) is 0 Å². The van der Waals surface area contributed by atoms with E-state index in [1.54, 1.807) is 0 Å². The minimum atomic E-state index is -1.50. The number of fused-ring (bicyclic) bond motifs is 1. The number of carbonyl (C=O) groups excluding carboxylic acids is 1. The average Bonchev–Trinajstić information content (AvgIpc) is 3.13. The molecule has 21 heavy (non-hydrogen) atoms. The molecule has 2 atom stereocenters. The summed E-state index contributed by atoms with van der Waals surface area (Å²) in [5.74, 6) is -0.0322. The van der Waals surface area contributed by atoms with Crippen molar-refractivity contribution >= 4 is 23.4 Å². The molecule has 2 aliphatic rings. The first-order chi connectivity index (χ1) is 10.3. The van der Waals surface area contributed by atoms with Crippen LogP contribution in [0.15, 0.2) is 60.7 Å². The summed E-state index contributed by atoms with van der Waals surface area (Å²) in [7, 11) is 0. The third-order valence-corrected chi connectivity index (χ3v) is 5.04. The molecule has 2 aromatic rings. The lowest BCUT2D eigenvalue weighted by Gasteiger charge is -2.39. The zero-order valence-corrected chi connectivity index (χ0v) is 11.9. The maximum absolute atomic E-state index is 12.4. The van der Waals surface area contributed by atoms with Crippen LogP contribution in [-0.2, 0) is 9.45 Å². The van der Waals surface area contributed by atoms with Gasteiger partial charge in [0.2, 0.25) is 0 Å². The molecule has 2 saturated heterocycles. The van der Waals surface area contributed by atoms with Gasteiger partial charge in [0.25, 0.3) is 0 Å². The third kappa shape index (κ3) is 1.76. The highest BCUT2D eigenvalue weighted by Gasteiger charge is 2.57. The van der Waals surface area contributed by atoms with Gasteiger partial charge in [-0.3, -0.25) is 4.79 Å². The van der Waals surface area contributed by atoms with Gasteiger partial charge >= 0.3 is 12.5 Å². The second kappa shape index (κ2) is 4.74. The molecule has 4 heteroatoms. The average molecular weight is 279 g/mol. The highest BCUT2D eigenvalue weighted by Crippen LogP contribution is 2.16. The molecular weight excluding hydrogens is 261 g/mol. The van der Waals surface area contributed by atoms with Crippen molar-refractivity contribution in [3.8, 4) is 0 Å². The Morgan fingerprint density at radius 3 is 2.10 bits per heavy atom. The molecule has 0 radical (unpaired) electrons. The van der Waals surface area contributed by atoms with E-state index in [1.165, 1.54) is 4.81 Å². The third-order valence-electron chi connectivity index (χ3n) is 5.04. The van der Waals surface area contributed by atoms with Crippen molar-refractivity contribution in [3.05, 3.63) is 60.7 Å². The van der Waals surface area contributed by atoms with E-state index < -0.39 is 6.48 Å². The number of carbonyl (C=O) groups is 1. The Morgan fingerprint density at radius 1 is 0.952 bits per heavy atom. The van der Waals surface area contributed by atoms with E-state index >= 15 is 0 Å². The highest BCUT2D eigenvalue weighted by atomic mass is 16.5. The summed E-state index contributed by atoms with van der Waals surface area (Å²) < 4.78 is 6.07. The summed E-state index contributed by atoms with van der Waals surface area (Å²) in [6, 6.07) is 20.5. The van der Waals surface area contributed by atoms with Crippen molar-refractivity contribution < 1.29 is 14.3 Å². The second-order valence-corrected chi connectivity index (χ2v) is 6.06. The lowest BCUT2D eigenvalue weighted by atomic mass is 9.41. The van der Waals surface area contributed by atoms with Crippen LogP contribution in [0.25, 0.3) is 0 Å². The van der Waals surface area contributed by atoms with Crippen LogP contribution >= 0.6 is 0 Å². The minimum absolute atomic E-state index is 0.00501.